The molecule has 0 atom stereocenters. The summed E-state index contributed by atoms with van der Waals surface area (Å²) < 4.78 is 10.1. The van der Waals surface area contributed by atoms with Crippen molar-refractivity contribution in [3.05, 3.63) is 53.1 Å². The molecule has 0 aliphatic carbocycles. The standard InChI is InChI=1S/C18H23NO4S/c1-5-22-17(20)15(19(3)4)12-13-16(18(21)23-6-2)24-14-10-8-7-9-11-14/h7-13H,5-6H2,1-4H3. The first-order valence-electron chi connectivity index (χ1n) is 7.66. The molecule has 1 aromatic carbocycles. The molecule has 0 amide bonds. The summed E-state index contributed by atoms with van der Waals surface area (Å²) in [5, 5.41) is 0. The van der Waals surface area contributed by atoms with Crippen LogP contribution in [0, 0.1) is 0 Å². The first kappa shape index (κ1) is 19.8. The van der Waals surface area contributed by atoms with Gasteiger partial charge in [-0.2, -0.15) is 0 Å². The van der Waals surface area contributed by atoms with Crippen LogP contribution in [-0.4, -0.2) is 44.1 Å². The number of carbonyl (C=O) groups excluding carboxylic acids is 2. The number of hydrogen-bond donors (Lipinski definition) is 0. The summed E-state index contributed by atoms with van der Waals surface area (Å²) in [5.74, 6) is -0.865. The van der Waals surface area contributed by atoms with E-state index >= 15 is 0 Å². The van der Waals surface area contributed by atoms with Crippen molar-refractivity contribution in [2.45, 2.75) is 18.7 Å². The molecule has 0 N–H and O–H groups in total. The van der Waals surface area contributed by atoms with Crippen molar-refractivity contribution in [1.82, 2.24) is 4.90 Å². The number of nitrogens with zero attached hydrogens (tertiary/aromatic N) is 1. The number of carbonyl (C=O) groups is 2. The van der Waals surface area contributed by atoms with Crippen LogP contribution in [0.2, 0.25) is 0 Å². The van der Waals surface area contributed by atoms with Crippen molar-refractivity contribution in [1.29, 1.82) is 0 Å². The van der Waals surface area contributed by atoms with E-state index in [0.29, 0.717) is 10.6 Å². The smallest absolute Gasteiger partial charge is 0.354 e. The van der Waals surface area contributed by atoms with Gasteiger partial charge in [0, 0.05) is 19.0 Å². The van der Waals surface area contributed by atoms with Gasteiger partial charge < -0.3 is 14.4 Å². The van der Waals surface area contributed by atoms with Gasteiger partial charge in [0.05, 0.1) is 18.1 Å². The molecule has 1 aromatic rings. The third-order valence-corrected chi connectivity index (χ3v) is 3.84. The van der Waals surface area contributed by atoms with Crippen LogP contribution < -0.4 is 0 Å². The Hall–Kier alpha value is -2.21. The van der Waals surface area contributed by atoms with Crippen LogP contribution in [0.25, 0.3) is 0 Å². The third-order valence-electron chi connectivity index (χ3n) is 2.81. The fourth-order valence-electron chi connectivity index (χ4n) is 1.72. The fraction of sp³-hybridized carbons (Fsp3) is 0.333. The molecule has 0 aliphatic heterocycles. The second-order valence-electron chi connectivity index (χ2n) is 4.83. The molecule has 1 rings (SSSR count). The molecule has 0 fully saturated rings. The Morgan fingerprint density at radius 2 is 1.58 bits per heavy atom. The Bertz CT molecular complexity index is 609. The predicted octanol–water partition coefficient (Wildman–Crippen LogP) is 3.23. The van der Waals surface area contributed by atoms with Crippen molar-refractivity contribution in [3.63, 3.8) is 0 Å². The number of ether oxygens (including phenoxy) is 2. The number of benzene rings is 1. The average molecular weight is 349 g/mol. The predicted molar refractivity (Wildman–Crippen MR) is 95.4 cm³/mol. The zero-order valence-corrected chi connectivity index (χ0v) is 15.3. The highest BCUT2D eigenvalue weighted by Crippen LogP contribution is 2.27. The fourth-order valence-corrected chi connectivity index (χ4v) is 2.55. The highest BCUT2D eigenvalue weighted by molar-refractivity contribution is 8.04. The van der Waals surface area contributed by atoms with Crippen molar-refractivity contribution < 1.29 is 19.1 Å². The molecule has 5 nitrogen and oxygen atoms in total. The van der Waals surface area contributed by atoms with Gasteiger partial charge in [-0.1, -0.05) is 30.0 Å². The Morgan fingerprint density at radius 3 is 2.12 bits per heavy atom. The number of hydrogen-bond acceptors (Lipinski definition) is 6. The minimum atomic E-state index is -0.438. The monoisotopic (exact) mass is 349 g/mol. The Balaban J connectivity index is 3.11. The second-order valence-corrected chi connectivity index (χ2v) is 5.95. The third kappa shape index (κ3) is 6.50. The molecule has 6 heteroatoms. The van der Waals surface area contributed by atoms with Gasteiger partial charge >= 0.3 is 11.9 Å². The summed E-state index contributed by atoms with van der Waals surface area (Å²) in [5.41, 5.74) is 0.354. The maximum atomic E-state index is 12.2. The summed E-state index contributed by atoms with van der Waals surface area (Å²) in [4.78, 5) is 27.1. The van der Waals surface area contributed by atoms with Gasteiger partial charge in [-0.25, -0.2) is 9.59 Å². The summed E-state index contributed by atoms with van der Waals surface area (Å²) in [6.45, 7) is 4.07. The second kappa shape index (κ2) is 10.5. The highest BCUT2D eigenvalue weighted by atomic mass is 32.2. The lowest BCUT2D eigenvalue weighted by atomic mass is 10.3. The van der Waals surface area contributed by atoms with Crippen LogP contribution in [0.5, 0.6) is 0 Å². The van der Waals surface area contributed by atoms with Crippen LogP contribution in [0.4, 0.5) is 0 Å². The summed E-state index contributed by atoms with van der Waals surface area (Å²) in [7, 11) is 3.48. The molecule has 0 unspecified atom stereocenters. The highest BCUT2D eigenvalue weighted by Gasteiger charge is 2.15. The van der Waals surface area contributed by atoms with Gasteiger partial charge in [0.2, 0.25) is 0 Å². The van der Waals surface area contributed by atoms with E-state index in [1.54, 1.807) is 45.0 Å². The Morgan fingerprint density at radius 1 is 1.00 bits per heavy atom. The summed E-state index contributed by atoms with van der Waals surface area (Å²) >= 11 is 1.29. The number of thioether (sulfide) groups is 1. The maximum absolute atomic E-state index is 12.2. The molecule has 0 saturated heterocycles. The van der Waals surface area contributed by atoms with E-state index in [1.165, 1.54) is 11.8 Å². The Kier molecular flexibility index (Phi) is 8.71. The molecular weight excluding hydrogens is 326 g/mol. The van der Waals surface area contributed by atoms with E-state index in [0.717, 1.165) is 4.90 Å². The van der Waals surface area contributed by atoms with Crippen molar-refractivity contribution in [3.8, 4) is 0 Å². The van der Waals surface area contributed by atoms with Gasteiger partial charge in [0.1, 0.15) is 5.70 Å². The first-order chi connectivity index (χ1) is 11.5. The first-order valence-corrected chi connectivity index (χ1v) is 8.47. The van der Waals surface area contributed by atoms with E-state index in [-0.39, 0.29) is 13.2 Å². The summed E-state index contributed by atoms with van der Waals surface area (Å²) in [6, 6.07) is 9.50. The van der Waals surface area contributed by atoms with Crippen LogP contribution >= 0.6 is 11.8 Å². The zero-order valence-electron chi connectivity index (χ0n) is 14.4. The normalized spacial score (nSPS) is 11.8. The van der Waals surface area contributed by atoms with E-state index in [1.807, 2.05) is 30.3 Å². The molecule has 0 aromatic heterocycles. The Labute approximate surface area is 147 Å². The van der Waals surface area contributed by atoms with Crippen LogP contribution in [0.3, 0.4) is 0 Å². The number of rotatable bonds is 8. The molecule has 0 aliphatic rings. The molecule has 0 heterocycles. The quantitative estimate of drug-likeness (QED) is 0.311. The average Bonchev–Trinajstić information content (AvgIpc) is 2.55. The van der Waals surface area contributed by atoms with Crippen molar-refractivity contribution in [2.24, 2.45) is 0 Å². The van der Waals surface area contributed by atoms with Gasteiger partial charge in [-0.05, 0) is 38.1 Å². The van der Waals surface area contributed by atoms with Gasteiger partial charge in [-0.3, -0.25) is 0 Å². The van der Waals surface area contributed by atoms with E-state index < -0.39 is 11.9 Å². The minimum Gasteiger partial charge on any atom is -0.462 e. The van der Waals surface area contributed by atoms with Gasteiger partial charge in [0.25, 0.3) is 0 Å². The van der Waals surface area contributed by atoms with Gasteiger partial charge in [0.15, 0.2) is 0 Å². The van der Waals surface area contributed by atoms with Crippen molar-refractivity contribution in [2.75, 3.05) is 27.3 Å². The topological polar surface area (TPSA) is 55.8 Å². The van der Waals surface area contributed by atoms with Crippen LogP contribution in [0.1, 0.15) is 13.8 Å². The molecule has 0 spiro atoms. The molecule has 0 radical (unpaired) electrons. The summed E-state index contributed by atoms with van der Waals surface area (Å²) in [6.07, 6.45) is 3.15. The van der Waals surface area contributed by atoms with Crippen LogP contribution in [-0.2, 0) is 19.1 Å². The lowest BCUT2D eigenvalue weighted by Gasteiger charge is -2.15. The van der Waals surface area contributed by atoms with E-state index in [4.69, 9.17) is 9.47 Å². The van der Waals surface area contributed by atoms with E-state index in [2.05, 4.69) is 0 Å². The molecule has 130 valence electrons. The van der Waals surface area contributed by atoms with Gasteiger partial charge in [-0.15, -0.1) is 0 Å². The minimum absolute atomic E-state index is 0.285. The lowest BCUT2D eigenvalue weighted by Crippen LogP contribution is -2.21. The zero-order chi connectivity index (χ0) is 17.9. The molecule has 24 heavy (non-hydrogen) atoms. The number of likely N-dealkylation sites (N-methyl/N-ethyl adjacent to an activating group) is 1. The number of esters is 2. The largest absolute Gasteiger partial charge is 0.462 e. The van der Waals surface area contributed by atoms with Crippen LogP contribution in [0.15, 0.2) is 58.0 Å². The molecule has 0 bridgehead atoms. The van der Waals surface area contributed by atoms with E-state index in [9.17, 15) is 9.59 Å². The number of allylic oxidation sites excluding steroid dienone is 2. The SMILES string of the molecule is CCOC(=O)C(=CC=C(C(=O)OCC)N(C)C)Sc1ccccc1. The maximum Gasteiger partial charge on any atom is 0.354 e. The van der Waals surface area contributed by atoms with Crippen molar-refractivity contribution >= 4 is 23.7 Å². The molecular formula is C18H23NO4S. The lowest BCUT2D eigenvalue weighted by molar-refractivity contribution is -0.140. The molecule has 0 saturated carbocycles.